The lowest BCUT2D eigenvalue weighted by Crippen LogP contribution is -2.44. The second-order valence-corrected chi connectivity index (χ2v) is 5.51. The molecule has 0 saturated heterocycles. The molecule has 17 heavy (non-hydrogen) atoms. The van der Waals surface area contributed by atoms with Crippen LogP contribution in [0.4, 0.5) is 8.78 Å². The van der Waals surface area contributed by atoms with Gasteiger partial charge in [-0.15, -0.1) is 0 Å². The zero-order valence-electron chi connectivity index (χ0n) is 10.6. The van der Waals surface area contributed by atoms with E-state index in [1.807, 2.05) is 20.8 Å². The van der Waals surface area contributed by atoms with E-state index < -0.39 is 17.2 Å². The van der Waals surface area contributed by atoms with Crippen LogP contribution in [0, 0.1) is 11.6 Å². The highest BCUT2D eigenvalue weighted by molar-refractivity contribution is 5.24. The summed E-state index contributed by atoms with van der Waals surface area (Å²) >= 11 is 0. The van der Waals surface area contributed by atoms with E-state index in [0.717, 1.165) is 12.1 Å². The molecular formula is C13H19F2NO. The molecule has 0 radical (unpaired) electrons. The fraction of sp³-hybridized carbons (Fsp3) is 0.538. The molecule has 0 bridgehead atoms. The van der Waals surface area contributed by atoms with Crippen LogP contribution in [0.2, 0.25) is 0 Å². The summed E-state index contributed by atoms with van der Waals surface area (Å²) in [5, 5.41) is 13.3. The van der Waals surface area contributed by atoms with Crippen LogP contribution < -0.4 is 5.32 Å². The minimum atomic E-state index is -1.23. The van der Waals surface area contributed by atoms with Gasteiger partial charge in [-0.05, 0) is 45.4 Å². The van der Waals surface area contributed by atoms with Crippen LogP contribution >= 0.6 is 0 Å². The Labute approximate surface area is 101 Å². The molecule has 0 heterocycles. The fourth-order valence-corrected chi connectivity index (χ4v) is 1.37. The van der Waals surface area contributed by atoms with Crippen LogP contribution in [0.1, 0.15) is 33.3 Å². The molecule has 1 aromatic rings. The number of hydrogen-bond donors (Lipinski definition) is 2. The average Bonchev–Trinajstić information content (AvgIpc) is 2.18. The predicted octanol–water partition coefficient (Wildman–Crippen LogP) is 2.56. The van der Waals surface area contributed by atoms with Gasteiger partial charge in [0.15, 0.2) is 11.6 Å². The standard InChI is InChI=1S/C13H19F2NO/c1-12(2,3)16-8-13(4,17)9-5-6-10(14)11(15)7-9/h5-7,16-17H,8H2,1-4H3. The highest BCUT2D eigenvalue weighted by Crippen LogP contribution is 2.22. The highest BCUT2D eigenvalue weighted by atomic mass is 19.2. The fourth-order valence-electron chi connectivity index (χ4n) is 1.37. The minimum Gasteiger partial charge on any atom is -0.384 e. The molecule has 1 unspecified atom stereocenters. The number of aliphatic hydroxyl groups is 1. The summed E-state index contributed by atoms with van der Waals surface area (Å²) < 4.78 is 25.9. The molecule has 0 saturated carbocycles. The molecule has 0 fully saturated rings. The smallest absolute Gasteiger partial charge is 0.159 e. The van der Waals surface area contributed by atoms with E-state index in [4.69, 9.17) is 0 Å². The van der Waals surface area contributed by atoms with Gasteiger partial charge in [0.05, 0.1) is 5.60 Å². The summed E-state index contributed by atoms with van der Waals surface area (Å²) in [4.78, 5) is 0. The lowest BCUT2D eigenvalue weighted by atomic mass is 9.94. The van der Waals surface area contributed by atoms with Gasteiger partial charge in [-0.1, -0.05) is 6.07 Å². The van der Waals surface area contributed by atoms with Crippen molar-refractivity contribution < 1.29 is 13.9 Å². The van der Waals surface area contributed by atoms with E-state index >= 15 is 0 Å². The maximum Gasteiger partial charge on any atom is 0.159 e. The molecule has 96 valence electrons. The quantitative estimate of drug-likeness (QED) is 0.855. The lowest BCUT2D eigenvalue weighted by Gasteiger charge is -2.29. The van der Waals surface area contributed by atoms with Crippen molar-refractivity contribution in [2.24, 2.45) is 0 Å². The molecule has 1 rings (SSSR count). The maximum atomic E-state index is 13.1. The highest BCUT2D eigenvalue weighted by Gasteiger charge is 2.26. The van der Waals surface area contributed by atoms with Crippen LogP contribution in [0.25, 0.3) is 0 Å². The third kappa shape index (κ3) is 4.06. The Morgan fingerprint density at radius 2 is 1.71 bits per heavy atom. The predicted molar refractivity (Wildman–Crippen MR) is 63.7 cm³/mol. The maximum absolute atomic E-state index is 13.1. The zero-order valence-corrected chi connectivity index (χ0v) is 10.6. The first kappa shape index (κ1) is 14.1. The molecule has 2 nitrogen and oxygen atoms in total. The van der Waals surface area contributed by atoms with E-state index in [9.17, 15) is 13.9 Å². The normalized spacial score (nSPS) is 15.7. The molecular weight excluding hydrogens is 224 g/mol. The number of nitrogens with one attached hydrogen (secondary N) is 1. The summed E-state index contributed by atoms with van der Waals surface area (Å²) in [5.41, 5.74) is -1.03. The minimum absolute atomic E-state index is 0.150. The molecule has 1 aromatic carbocycles. The number of rotatable bonds is 3. The molecule has 0 spiro atoms. The molecule has 0 aliphatic rings. The third-order valence-corrected chi connectivity index (χ3v) is 2.50. The van der Waals surface area contributed by atoms with E-state index in [1.165, 1.54) is 6.07 Å². The van der Waals surface area contributed by atoms with Gasteiger partial charge in [0.25, 0.3) is 0 Å². The molecule has 1 atom stereocenters. The van der Waals surface area contributed by atoms with Crippen molar-refractivity contribution in [3.05, 3.63) is 35.4 Å². The summed E-state index contributed by atoms with van der Waals surface area (Å²) in [6, 6.07) is 3.44. The van der Waals surface area contributed by atoms with E-state index in [0.29, 0.717) is 5.56 Å². The first-order valence-corrected chi connectivity index (χ1v) is 5.55. The van der Waals surface area contributed by atoms with Gasteiger partial charge in [-0.3, -0.25) is 0 Å². The Hall–Kier alpha value is -1.00. The van der Waals surface area contributed by atoms with Gasteiger partial charge < -0.3 is 10.4 Å². The largest absolute Gasteiger partial charge is 0.384 e. The van der Waals surface area contributed by atoms with Crippen LogP contribution in [0.3, 0.4) is 0 Å². The Morgan fingerprint density at radius 1 is 1.12 bits per heavy atom. The molecule has 0 aromatic heterocycles. The molecule has 4 heteroatoms. The second-order valence-electron chi connectivity index (χ2n) is 5.51. The number of halogens is 2. The zero-order chi connectivity index (χ0) is 13.3. The van der Waals surface area contributed by atoms with Crippen LogP contribution in [-0.2, 0) is 5.60 Å². The van der Waals surface area contributed by atoms with Crippen LogP contribution in [-0.4, -0.2) is 17.2 Å². The van der Waals surface area contributed by atoms with Gasteiger partial charge in [0.2, 0.25) is 0 Å². The molecule has 0 amide bonds. The summed E-state index contributed by atoms with van der Waals surface area (Å²) in [5.74, 6) is -1.85. The first-order valence-electron chi connectivity index (χ1n) is 5.55. The summed E-state index contributed by atoms with van der Waals surface area (Å²) in [6.07, 6.45) is 0. The monoisotopic (exact) mass is 243 g/mol. The van der Waals surface area contributed by atoms with E-state index in [2.05, 4.69) is 5.32 Å². The van der Waals surface area contributed by atoms with Crippen molar-refractivity contribution in [1.82, 2.24) is 5.32 Å². The second kappa shape index (κ2) is 4.70. The summed E-state index contributed by atoms with van der Waals surface area (Å²) in [7, 11) is 0. The Morgan fingerprint density at radius 3 is 2.18 bits per heavy atom. The van der Waals surface area contributed by atoms with Gasteiger partial charge in [-0.25, -0.2) is 8.78 Å². The van der Waals surface area contributed by atoms with Crippen molar-refractivity contribution >= 4 is 0 Å². The van der Waals surface area contributed by atoms with E-state index in [1.54, 1.807) is 6.92 Å². The Balaban J connectivity index is 2.85. The van der Waals surface area contributed by atoms with Crippen LogP contribution in [0.15, 0.2) is 18.2 Å². The van der Waals surface area contributed by atoms with Crippen molar-refractivity contribution in [3.63, 3.8) is 0 Å². The third-order valence-electron chi connectivity index (χ3n) is 2.50. The number of β-amino-alcohol motifs (C(OH)–C–C–N with tert-alkyl or cyclic N) is 1. The van der Waals surface area contributed by atoms with Crippen LogP contribution in [0.5, 0.6) is 0 Å². The van der Waals surface area contributed by atoms with Crippen molar-refractivity contribution in [2.75, 3.05) is 6.54 Å². The topological polar surface area (TPSA) is 32.3 Å². The average molecular weight is 243 g/mol. The van der Waals surface area contributed by atoms with Gasteiger partial charge in [-0.2, -0.15) is 0 Å². The molecule has 2 N–H and O–H groups in total. The Bertz CT molecular complexity index is 397. The first-order chi connectivity index (χ1) is 7.62. The van der Waals surface area contributed by atoms with Gasteiger partial charge in [0.1, 0.15) is 0 Å². The van der Waals surface area contributed by atoms with Crippen molar-refractivity contribution in [2.45, 2.75) is 38.8 Å². The van der Waals surface area contributed by atoms with Gasteiger partial charge >= 0.3 is 0 Å². The summed E-state index contributed by atoms with van der Waals surface area (Å²) in [6.45, 7) is 7.73. The van der Waals surface area contributed by atoms with E-state index in [-0.39, 0.29) is 12.1 Å². The number of benzene rings is 1. The van der Waals surface area contributed by atoms with Crippen molar-refractivity contribution in [1.29, 1.82) is 0 Å². The number of hydrogen-bond acceptors (Lipinski definition) is 2. The Kier molecular flexibility index (Phi) is 3.89. The SMILES string of the molecule is CC(C)(C)NCC(C)(O)c1ccc(F)c(F)c1. The molecule has 0 aliphatic heterocycles. The molecule has 0 aliphatic carbocycles. The van der Waals surface area contributed by atoms with Crippen molar-refractivity contribution in [3.8, 4) is 0 Å². The lowest BCUT2D eigenvalue weighted by molar-refractivity contribution is 0.0497. The van der Waals surface area contributed by atoms with Gasteiger partial charge in [0, 0.05) is 12.1 Å².